The zero-order chi connectivity index (χ0) is 12.4. The normalized spacial score (nSPS) is 26.5. The van der Waals surface area contributed by atoms with Crippen LogP contribution >= 0.6 is 0 Å². The molecule has 2 aliphatic rings. The molecule has 2 atom stereocenters. The molecule has 18 heavy (non-hydrogen) atoms. The van der Waals surface area contributed by atoms with Crippen molar-refractivity contribution in [2.45, 2.75) is 31.7 Å². The Balaban J connectivity index is 1.53. The van der Waals surface area contributed by atoms with Crippen LogP contribution in [-0.4, -0.2) is 19.8 Å². The summed E-state index contributed by atoms with van der Waals surface area (Å²) in [5.74, 6) is 0.615. The summed E-state index contributed by atoms with van der Waals surface area (Å²) in [4.78, 5) is 0. The number of nitrogens with one attached hydrogen (secondary N) is 1. The SMILES string of the molecule is Fc1ccc2c(c1)CCC2NCCC1CCOC1. The topological polar surface area (TPSA) is 21.3 Å². The summed E-state index contributed by atoms with van der Waals surface area (Å²) in [6.45, 7) is 2.89. The first kappa shape index (κ1) is 12.1. The zero-order valence-electron chi connectivity index (χ0n) is 10.6. The second-order valence-electron chi connectivity index (χ2n) is 5.41. The van der Waals surface area contributed by atoms with Crippen molar-refractivity contribution >= 4 is 0 Å². The van der Waals surface area contributed by atoms with Gasteiger partial charge in [0.15, 0.2) is 0 Å². The average molecular weight is 249 g/mol. The largest absolute Gasteiger partial charge is 0.381 e. The maximum absolute atomic E-state index is 13.1. The lowest BCUT2D eigenvalue weighted by molar-refractivity contribution is 0.184. The van der Waals surface area contributed by atoms with E-state index in [2.05, 4.69) is 5.32 Å². The van der Waals surface area contributed by atoms with Crippen molar-refractivity contribution in [1.82, 2.24) is 5.32 Å². The molecule has 0 spiro atoms. The first-order valence-corrected chi connectivity index (χ1v) is 6.92. The molecule has 0 aromatic heterocycles. The fourth-order valence-corrected chi connectivity index (χ4v) is 3.07. The molecular formula is C15H20FNO. The Labute approximate surface area is 108 Å². The molecular weight excluding hydrogens is 229 g/mol. The van der Waals surface area contributed by atoms with Gasteiger partial charge in [-0.2, -0.15) is 0 Å². The van der Waals surface area contributed by atoms with Crippen LogP contribution in [0, 0.1) is 11.7 Å². The summed E-state index contributed by atoms with van der Waals surface area (Å²) in [7, 11) is 0. The Morgan fingerprint density at radius 2 is 2.28 bits per heavy atom. The number of aryl methyl sites for hydroxylation is 1. The van der Waals surface area contributed by atoms with E-state index in [1.165, 1.54) is 24.0 Å². The van der Waals surface area contributed by atoms with Gasteiger partial charge in [0.05, 0.1) is 0 Å². The van der Waals surface area contributed by atoms with Crippen LogP contribution in [0.4, 0.5) is 4.39 Å². The molecule has 3 heteroatoms. The molecule has 2 unspecified atom stereocenters. The van der Waals surface area contributed by atoms with Crippen LogP contribution in [-0.2, 0) is 11.2 Å². The molecule has 0 bridgehead atoms. The highest BCUT2D eigenvalue weighted by molar-refractivity contribution is 5.34. The van der Waals surface area contributed by atoms with Crippen molar-refractivity contribution in [1.29, 1.82) is 0 Å². The van der Waals surface area contributed by atoms with Crippen molar-refractivity contribution in [2.24, 2.45) is 5.92 Å². The van der Waals surface area contributed by atoms with Gasteiger partial charge >= 0.3 is 0 Å². The highest BCUT2D eigenvalue weighted by Crippen LogP contribution is 2.31. The van der Waals surface area contributed by atoms with Gasteiger partial charge in [0.25, 0.3) is 0 Å². The second-order valence-corrected chi connectivity index (χ2v) is 5.41. The lowest BCUT2D eigenvalue weighted by atomic mass is 10.0. The van der Waals surface area contributed by atoms with Crippen molar-refractivity contribution in [3.63, 3.8) is 0 Å². The first-order chi connectivity index (χ1) is 8.83. The van der Waals surface area contributed by atoms with E-state index in [-0.39, 0.29) is 5.82 Å². The molecule has 98 valence electrons. The van der Waals surface area contributed by atoms with Gasteiger partial charge in [0.2, 0.25) is 0 Å². The fraction of sp³-hybridized carbons (Fsp3) is 0.600. The number of ether oxygens (including phenoxy) is 1. The van der Waals surface area contributed by atoms with Crippen LogP contribution in [0.2, 0.25) is 0 Å². The van der Waals surface area contributed by atoms with E-state index in [4.69, 9.17) is 4.74 Å². The summed E-state index contributed by atoms with van der Waals surface area (Å²) < 4.78 is 18.5. The third kappa shape index (κ3) is 2.57. The summed E-state index contributed by atoms with van der Waals surface area (Å²) in [6, 6.07) is 5.61. The van der Waals surface area contributed by atoms with Crippen molar-refractivity contribution in [3.8, 4) is 0 Å². The minimum absolute atomic E-state index is 0.113. The molecule has 1 aromatic carbocycles. The minimum Gasteiger partial charge on any atom is -0.381 e. The van der Waals surface area contributed by atoms with Gasteiger partial charge in [-0.1, -0.05) is 6.07 Å². The molecule has 0 amide bonds. The van der Waals surface area contributed by atoms with Gasteiger partial charge in [0.1, 0.15) is 5.82 Å². The molecule has 1 aliphatic carbocycles. The van der Waals surface area contributed by atoms with E-state index in [1.54, 1.807) is 12.1 Å². The predicted molar refractivity (Wildman–Crippen MR) is 69.0 cm³/mol. The number of fused-ring (bicyclic) bond motifs is 1. The van der Waals surface area contributed by atoms with Crippen LogP contribution in [0.3, 0.4) is 0 Å². The van der Waals surface area contributed by atoms with Gasteiger partial charge < -0.3 is 10.1 Å². The molecule has 1 fully saturated rings. The van der Waals surface area contributed by atoms with Crippen molar-refractivity contribution in [2.75, 3.05) is 19.8 Å². The average Bonchev–Trinajstić information content (AvgIpc) is 2.99. The number of hydrogen-bond acceptors (Lipinski definition) is 2. The molecule has 1 aromatic rings. The summed E-state index contributed by atoms with van der Waals surface area (Å²) in [5.41, 5.74) is 2.47. The van der Waals surface area contributed by atoms with E-state index in [1.807, 2.05) is 6.07 Å². The summed E-state index contributed by atoms with van der Waals surface area (Å²) >= 11 is 0. The van der Waals surface area contributed by atoms with Crippen LogP contribution < -0.4 is 5.32 Å². The third-order valence-corrected chi connectivity index (χ3v) is 4.15. The third-order valence-electron chi connectivity index (χ3n) is 4.15. The van der Waals surface area contributed by atoms with Gasteiger partial charge in [-0.3, -0.25) is 0 Å². The minimum atomic E-state index is -0.113. The van der Waals surface area contributed by atoms with E-state index in [0.29, 0.717) is 6.04 Å². The quantitative estimate of drug-likeness (QED) is 0.886. The Morgan fingerprint density at radius 1 is 1.33 bits per heavy atom. The van der Waals surface area contributed by atoms with Gasteiger partial charge in [-0.05, 0) is 61.4 Å². The molecule has 1 aliphatic heterocycles. The van der Waals surface area contributed by atoms with Crippen LogP contribution in [0.25, 0.3) is 0 Å². The van der Waals surface area contributed by atoms with Crippen LogP contribution in [0.5, 0.6) is 0 Å². The lowest BCUT2D eigenvalue weighted by Crippen LogP contribution is -2.22. The van der Waals surface area contributed by atoms with Crippen molar-refractivity contribution < 1.29 is 9.13 Å². The molecule has 0 saturated carbocycles. The van der Waals surface area contributed by atoms with Gasteiger partial charge in [-0.25, -0.2) is 4.39 Å². The number of halogens is 1. The van der Waals surface area contributed by atoms with Crippen molar-refractivity contribution in [3.05, 3.63) is 35.1 Å². The second kappa shape index (κ2) is 5.37. The Morgan fingerprint density at radius 3 is 3.11 bits per heavy atom. The van der Waals surface area contributed by atoms with E-state index in [9.17, 15) is 4.39 Å². The predicted octanol–water partition coefficient (Wildman–Crippen LogP) is 2.83. The van der Waals surface area contributed by atoms with E-state index in [0.717, 1.165) is 38.5 Å². The Kier molecular flexibility index (Phi) is 3.62. The molecule has 1 heterocycles. The monoisotopic (exact) mass is 249 g/mol. The molecule has 2 nitrogen and oxygen atoms in total. The number of rotatable bonds is 4. The smallest absolute Gasteiger partial charge is 0.123 e. The number of hydrogen-bond donors (Lipinski definition) is 1. The number of benzene rings is 1. The molecule has 0 radical (unpaired) electrons. The summed E-state index contributed by atoms with van der Waals surface area (Å²) in [5, 5.41) is 3.61. The van der Waals surface area contributed by atoms with E-state index >= 15 is 0 Å². The van der Waals surface area contributed by atoms with Crippen LogP contribution in [0.1, 0.15) is 36.4 Å². The van der Waals surface area contributed by atoms with Crippen LogP contribution in [0.15, 0.2) is 18.2 Å². The highest BCUT2D eigenvalue weighted by Gasteiger charge is 2.23. The fourth-order valence-electron chi connectivity index (χ4n) is 3.07. The van der Waals surface area contributed by atoms with Gasteiger partial charge in [-0.15, -0.1) is 0 Å². The molecule has 1 N–H and O–H groups in total. The Hall–Kier alpha value is -0.930. The molecule has 1 saturated heterocycles. The first-order valence-electron chi connectivity index (χ1n) is 6.92. The van der Waals surface area contributed by atoms with E-state index < -0.39 is 0 Å². The molecule has 3 rings (SSSR count). The zero-order valence-corrected chi connectivity index (χ0v) is 10.6. The Bertz CT molecular complexity index is 415. The lowest BCUT2D eigenvalue weighted by Gasteiger charge is -2.15. The maximum Gasteiger partial charge on any atom is 0.123 e. The summed E-state index contributed by atoms with van der Waals surface area (Å²) in [6.07, 6.45) is 4.48. The standard InChI is InChI=1S/C15H20FNO/c16-13-2-3-14-12(9-13)1-4-15(14)17-7-5-11-6-8-18-10-11/h2-3,9,11,15,17H,1,4-8,10H2. The highest BCUT2D eigenvalue weighted by atomic mass is 19.1. The van der Waals surface area contributed by atoms with Gasteiger partial charge in [0, 0.05) is 19.3 Å². The maximum atomic E-state index is 13.1.